The smallest absolute Gasteiger partial charge is 0.210 e. The highest BCUT2D eigenvalue weighted by Crippen LogP contribution is 2.44. The van der Waals surface area contributed by atoms with E-state index in [9.17, 15) is 9.90 Å². The molecule has 66 valence electrons. The number of hydrogen-bond acceptors (Lipinski definition) is 3. The van der Waals surface area contributed by atoms with Crippen LogP contribution in [0.25, 0.3) is 0 Å². The van der Waals surface area contributed by atoms with Crippen molar-refractivity contribution < 1.29 is 14.6 Å². The Morgan fingerprint density at radius 2 is 2.17 bits per heavy atom. The average molecular weight is 169 g/mol. The highest BCUT2D eigenvalue weighted by atomic mass is 16.5. The Labute approximate surface area is 70.1 Å². The van der Waals surface area contributed by atoms with E-state index in [-0.39, 0.29) is 18.2 Å². The maximum Gasteiger partial charge on any atom is 0.210 e. The van der Waals surface area contributed by atoms with E-state index in [0.29, 0.717) is 6.10 Å². The van der Waals surface area contributed by atoms with Gasteiger partial charge in [0.05, 0.1) is 18.2 Å². The van der Waals surface area contributed by atoms with Gasteiger partial charge in [0.25, 0.3) is 0 Å². The lowest BCUT2D eigenvalue weighted by atomic mass is 10.0. The molecule has 0 aromatic rings. The van der Waals surface area contributed by atoms with Gasteiger partial charge < -0.3 is 14.7 Å². The van der Waals surface area contributed by atoms with Crippen molar-refractivity contribution in [1.82, 2.24) is 4.90 Å². The third-order valence-corrected chi connectivity index (χ3v) is 3.36. The molecule has 0 aliphatic carbocycles. The van der Waals surface area contributed by atoms with Gasteiger partial charge in [0.1, 0.15) is 12.2 Å². The first kappa shape index (κ1) is 6.86. The second kappa shape index (κ2) is 2.00. The first-order valence-corrected chi connectivity index (χ1v) is 4.37. The number of amides is 1. The Hall–Kier alpha value is -0.610. The fourth-order valence-corrected chi connectivity index (χ4v) is 2.85. The molecule has 12 heavy (non-hydrogen) atoms. The zero-order chi connectivity index (χ0) is 8.29. The minimum atomic E-state index is -0.445. The molecule has 0 radical (unpaired) electrons. The number of aliphatic hydroxyl groups is 1. The summed E-state index contributed by atoms with van der Waals surface area (Å²) in [5.41, 5.74) is 0. The zero-order valence-corrected chi connectivity index (χ0v) is 6.59. The molecule has 4 aliphatic rings. The third-order valence-electron chi connectivity index (χ3n) is 3.36. The van der Waals surface area contributed by atoms with Crippen LogP contribution >= 0.6 is 0 Å². The van der Waals surface area contributed by atoms with Crippen LogP contribution in [0.2, 0.25) is 0 Å². The van der Waals surface area contributed by atoms with Crippen molar-refractivity contribution in [1.29, 1.82) is 0 Å². The number of hydrogen-bond donors (Lipinski definition) is 1. The summed E-state index contributed by atoms with van der Waals surface area (Å²) in [6.07, 6.45) is 2.33. The van der Waals surface area contributed by atoms with Gasteiger partial charge in [-0.15, -0.1) is 0 Å². The third kappa shape index (κ3) is 0.593. The van der Waals surface area contributed by atoms with E-state index >= 15 is 0 Å². The summed E-state index contributed by atoms with van der Waals surface area (Å²) in [5.74, 6) is 0. The van der Waals surface area contributed by atoms with Crippen LogP contribution in [0, 0.1) is 0 Å². The van der Waals surface area contributed by atoms with Crippen LogP contribution in [0.5, 0.6) is 0 Å². The lowest BCUT2D eigenvalue weighted by Gasteiger charge is -2.33. The summed E-state index contributed by atoms with van der Waals surface area (Å²) in [5, 5.41) is 9.68. The van der Waals surface area contributed by atoms with E-state index in [1.54, 1.807) is 4.90 Å². The molecule has 5 atom stereocenters. The van der Waals surface area contributed by atoms with Gasteiger partial charge in [-0.3, -0.25) is 4.79 Å². The number of ether oxygens (including phenoxy) is 1. The summed E-state index contributed by atoms with van der Waals surface area (Å²) in [7, 11) is 0. The minimum absolute atomic E-state index is 0.0324. The fraction of sp³-hybridized carbons (Fsp3) is 0.875. The van der Waals surface area contributed by atoms with Gasteiger partial charge in [0.15, 0.2) is 0 Å². The van der Waals surface area contributed by atoms with Crippen LogP contribution in [0.15, 0.2) is 0 Å². The molecule has 4 aliphatic heterocycles. The lowest BCUT2D eigenvalue weighted by Crippen LogP contribution is -2.45. The van der Waals surface area contributed by atoms with E-state index < -0.39 is 6.10 Å². The molecule has 4 fully saturated rings. The van der Waals surface area contributed by atoms with Crippen molar-refractivity contribution in [3.8, 4) is 0 Å². The van der Waals surface area contributed by atoms with Crippen LogP contribution in [0.1, 0.15) is 12.8 Å². The van der Waals surface area contributed by atoms with Crippen molar-refractivity contribution in [2.45, 2.75) is 43.2 Å². The molecule has 0 unspecified atom stereocenters. The Balaban J connectivity index is 1.99. The topological polar surface area (TPSA) is 49.8 Å². The second-order valence-electron chi connectivity index (χ2n) is 3.87. The number of piperidine rings is 1. The van der Waals surface area contributed by atoms with E-state index in [0.717, 1.165) is 19.3 Å². The van der Waals surface area contributed by atoms with Gasteiger partial charge in [-0.1, -0.05) is 0 Å². The van der Waals surface area contributed by atoms with E-state index in [1.807, 2.05) is 0 Å². The molecular formula is C8H11NO3. The molecule has 4 rings (SSSR count). The molecule has 4 saturated heterocycles. The van der Waals surface area contributed by atoms with Gasteiger partial charge in [0.2, 0.25) is 6.41 Å². The van der Waals surface area contributed by atoms with E-state index in [4.69, 9.17) is 4.74 Å². The Morgan fingerprint density at radius 1 is 1.42 bits per heavy atom. The summed E-state index contributed by atoms with van der Waals surface area (Å²) < 4.78 is 5.54. The molecule has 1 amide bonds. The molecule has 4 nitrogen and oxygen atoms in total. The molecule has 4 bridgehead atoms. The fourth-order valence-electron chi connectivity index (χ4n) is 2.85. The predicted molar refractivity (Wildman–Crippen MR) is 39.4 cm³/mol. The van der Waals surface area contributed by atoms with Crippen molar-refractivity contribution in [3.63, 3.8) is 0 Å². The quantitative estimate of drug-likeness (QED) is 0.518. The van der Waals surface area contributed by atoms with Crippen LogP contribution < -0.4 is 0 Å². The highest BCUT2D eigenvalue weighted by molar-refractivity contribution is 5.51. The molecule has 4 heterocycles. The molecular weight excluding hydrogens is 158 g/mol. The van der Waals surface area contributed by atoms with Gasteiger partial charge in [-0.2, -0.15) is 0 Å². The molecule has 0 spiro atoms. The van der Waals surface area contributed by atoms with Gasteiger partial charge in [-0.05, 0) is 12.8 Å². The minimum Gasteiger partial charge on any atom is -0.388 e. The highest BCUT2D eigenvalue weighted by Gasteiger charge is 2.59. The van der Waals surface area contributed by atoms with Crippen LogP contribution in [-0.2, 0) is 9.53 Å². The Kier molecular flexibility index (Phi) is 1.14. The lowest BCUT2D eigenvalue weighted by molar-refractivity contribution is -0.125. The van der Waals surface area contributed by atoms with Gasteiger partial charge >= 0.3 is 0 Å². The molecule has 0 aromatic heterocycles. The van der Waals surface area contributed by atoms with Crippen molar-refractivity contribution in [2.24, 2.45) is 0 Å². The first-order chi connectivity index (χ1) is 5.81. The van der Waals surface area contributed by atoms with Gasteiger partial charge in [-0.25, -0.2) is 0 Å². The maximum atomic E-state index is 10.7. The van der Waals surface area contributed by atoms with E-state index in [2.05, 4.69) is 0 Å². The average Bonchev–Trinajstić information content (AvgIpc) is 2.48. The zero-order valence-electron chi connectivity index (χ0n) is 6.59. The second-order valence-corrected chi connectivity index (χ2v) is 3.87. The first-order valence-electron chi connectivity index (χ1n) is 4.37. The Bertz CT molecular complexity index is 230. The molecule has 4 heteroatoms. The number of carbonyl (C=O) groups excluding carboxylic acids is 1. The largest absolute Gasteiger partial charge is 0.388 e. The normalized spacial score (nSPS) is 55.1. The summed E-state index contributed by atoms with van der Waals surface area (Å²) in [4.78, 5) is 12.4. The maximum absolute atomic E-state index is 10.7. The summed E-state index contributed by atoms with van der Waals surface area (Å²) in [6.45, 7) is 0. The molecule has 0 saturated carbocycles. The summed E-state index contributed by atoms with van der Waals surface area (Å²) in [6, 6.07) is 0.186. The number of carbonyl (C=O) groups is 1. The van der Waals surface area contributed by atoms with Gasteiger partial charge in [0, 0.05) is 0 Å². The predicted octanol–water partition coefficient (Wildman–Crippen LogP) is -0.882. The van der Waals surface area contributed by atoms with Crippen LogP contribution in [-0.4, -0.2) is 46.8 Å². The van der Waals surface area contributed by atoms with Crippen LogP contribution in [0.4, 0.5) is 0 Å². The van der Waals surface area contributed by atoms with Crippen LogP contribution in [0.3, 0.4) is 0 Å². The Morgan fingerprint density at radius 3 is 2.83 bits per heavy atom. The molecule has 1 N–H and O–H groups in total. The van der Waals surface area contributed by atoms with Crippen molar-refractivity contribution >= 4 is 6.41 Å². The van der Waals surface area contributed by atoms with E-state index in [1.165, 1.54) is 0 Å². The molecule has 0 aromatic carbocycles. The SMILES string of the molecule is O=CN1[C@@H]2C[C@@H]3C[C@H]1[C@@H](O3)[C@@H]2O. The monoisotopic (exact) mass is 169 g/mol. The van der Waals surface area contributed by atoms with Crippen molar-refractivity contribution in [2.75, 3.05) is 0 Å². The number of aliphatic hydroxyl groups excluding tert-OH is 1. The van der Waals surface area contributed by atoms with Crippen molar-refractivity contribution in [3.05, 3.63) is 0 Å². The number of rotatable bonds is 1. The summed E-state index contributed by atoms with van der Waals surface area (Å²) >= 11 is 0. The standard InChI is InChI=1S/C8H11NO3/c10-3-9-5-1-4-2-6(9)8(12-4)7(5)11/h3-8,11H,1-2H2/t4-,5-,6+,7-,8-/m1/s1. The number of nitrogens with zero attached hydrogens (tertiary/aromatic N) is 1.